The Morgan fingerprint density at radius 3 is 2.46 bits per heavy atom. The molecule has 0 amide bonds. The van der Waals surface area contributed by atoms with Gasteiger partial charge in [-0.25, -0.2) is 0 Å². The van der Waals surface area contributed by atoms with Gasteiger partial charge >= 0.3 is 11.9 Å². The Morgan fingerprint density at radius 2 is 1.81 bits per heavy atom. The van der Waals surface area contributed by atoms with Crippen molar-refractivity contribution in [3.8, 4) is 0 Å². The average Bonchev–Trinajstić information content (AvgIpc) is 2.51. The van der Waals surface area contributed by atoms with E-state index < -0.39 is 29.2 Å². The molecule has 0 radical (unpaired) electrons. The quantitative estimate of drug-likeness (QED) is 0.510. The van der Waals surface area contributed by atoms with Crippen molar-refractivity contribution in [2.45, 2.75) is 58.2 Å². The Hall–Kier alpha value is -1.79. The highest BCUT2D eigenvalue weighted by Gasteiger charge is 2.66. The molecule has 0 unspecified atom stereocenters. The van der Waals surface area contributed by atoms with Crippen LogP contribution in [-0.2, 0) is 30.2 Å². The maximum absolute atomic E-state index is 13.1. The number of carbonyl (C=O) groups is 2. The van der Waals surface area contributed by atoms with Gasteiger partial charge in [-0.05, 0) is 31.5 Å². The molecule has 3 atom stereocenters. The zero-order valence-electron chi connectivity index (χ0n) is 15.2. The monoisotopic (exact) mass is 379 g/mol. The van der Waals surface area contributed by atoms with Gasteiger partial charge in [0.2, 0.25) is 0 Å². The van der Waals surface area contributed by atoms with E-state index in [1.807, 2.05) is 26.0 Å². The highest BCUT2D eigenvalue weighted by atomic mass is 35.5. The fourth-order valence-electron chi connectivity index (χ4n) is 4.52. The Bertz CT molecular complexity index is 772. The molecule has 140 valence electrons. The largest absolute Gasteiger partial charge is 0.422 e. The van der Waals surface area contributed by atoms with Crippen LogP contribution in [-0.4, -0.2) is 42.5 Å². The van der Waals surface area contributed by atoms with Crippen LogP contribution in [0.4, 0.5) is 5.69 Å². The third-order valence-electron chi connectivity index (χ3n) is 5.42. The van der Waals surface area contributed by atoms with Crippen molar-refractivity contribution in [2.75, 3.05) is 11.4 Å². The Balaban J connectivity index is 1.90. The number of halogens is 1. The summed E-state index contributed by atoms with van der Waals surface area (Å²) in [6.45, 7) is 7.53. The van der Waals surface area contributed by atoms with E-state index in [4.69, 9.17) is 25.8 Å². The predicted octanol–water partition coefficient (Wildman–Crippen LogP) is 2.70. The predicted molar refractivity (Wildman–Crippen MR) is 95.0 cm³/mol. The van der Waals surface area contributed by atoms with E-state index in [9.17, 15) is 9.59 Å². The second-order valence-corrected chi connectivity index (χ2v) is 8.29. The Morgan fingerprint density at radius 1 is 1.15 bits per heavy atom. The van der Waals surface area contributed by atoms with E-state index in [0.717, 1.165) is 11.3 Å². The van der Waals surface area contributed by atoms with Crippen LogP contribution in [0.2, 0.25) is 5.02 Å². The van der Waals surface area contributed by atoms with Gasteiger partial charge in [0, 0.05) is 37.5 Å². The number of benzene rings is 1. The van der Waals surface area contributed by atoms with Crippen LogP contribution in [0.1, 0.15) is 33.3 Å². The number of ether oxygens (including phenoxy) is 3. The number of nitrogens with zero attached hydrogens (tertiary/aromatic N) is 1. The molecule has 3 heterocycles. The molecule has 7 heteroatoms. The first-order valence-corrected chi connectivity index (χ1v) is 9.19. The summed E-state index contributed by atoms with van der Waals surface area (Å²) in [6, 6.07) is 5.00. The molecule has 0 aromatic heterocycles. The SMILES string of the molecule is C[C@@H]1CN2c3cc(Cl)ccc3CC3(C(=O)OC(C)(C)OC3=O)[C@H]2[C@@H](C)O1. The number of esters is 2. The number of morpholine rings is 1. The van der Waals surface area contributed by atoms with Gasteiger partial charge in [-0.2, -0.15) is 0 Å². The summed E-state index contributed by atoms with van der Waals surface area (Å²) in [4.78, 5) is 28.3. The number of cyclic esters (lactones) is 2. The molecular formula is C19H22ClNO5. The van der Waals surface area contributed by atoms with Crippen LogP contribution in [0.3, 0.4) is 0 Å². The third kappa shape index (κ3) is 2.42. The first kappa shape index (κ1) is 17.6. The van der Waals surface area contributed by atoms with Crippen molar-refractivity contribution >= 4 is 29.2 Å². The Labute approximate surface area is 157 Å². The molecule has 4 rings (SSSR count). The van der Waals surface area contributed by atoms with Crippen molar-refractivity contribution in [2.24, 2.45) is 5.41 Å². The zero-order valence-corrected chi connectivity index (χ0v) is 16.0. The number of carbonyl (C=O) groups excluding carboxylic acids is 2. The molecule has 6 nitrogen and oxygen atoms in total. The summed E-state index contributed by atoms with van der Waals surface area (Å²) < 4.78 is 17.0. The maximum atomic E-state index is 13.1. The highest BCUT2D eigenvalue weighted by Crippen LogP contribution is 2.49. The zero-order chi connectivity index (χ0) is 18.9. The summed E-state index contributed by atoms with van der Waals surface area (Å²) in [7, 11) is 0. The van der Waals surface area contributed by atoms with Crippen LogP contribution in [0.5, 0.6) is 0 Å². The molecule has 3 aliphatic rings. The van der Waals surface area contributed by atoms with E-state index >= 15 is 0 Å². The standard InChI is InChI=1S/C19H22ClNO5/c1-10-9-21-14-7-13(20)6-5-12(14)8-19(15(21)11(2)24-10)16(22)25-18(3,4)26-17(19)23/h5-7,10-11,15H,8-9H2,1-4H3/t10-,11-,15-/m1/s1. The topological polar surface area (TPSA) is 65.1 Å². The molecule has 0 aliphatic carbocycles. The summed E-state index contributed by atoms with van der Waals surface area (Å²) in [5, 5.41) is 0.611. The molecule has 0 bridgehead atoms. The van der Waals surface area contributed by atoms with Crippen LogP contribution in [0, 0.1) is 5.41 Å². The molecule has 1 aromatic rings. The minimum absolute atomic E-state index is 0.0460. The van der Waals surface area contributed by atoms with Crippen LogP contribution in [0.25, 0.3) is 0 Å². The summed E-state index contributed by atoms with van der Waals surface area (Å²) >= 11 is 6.21. The van der Waals surface area contributed by atoms with Gasteiger partial charge in [0.1, 0.15) is 0 Å². The number of anilines is 1. The first-order chi connectivity index (χ1) is 12.1. The number of hydrogen-bond acceptors (Lipinski definition) is 6. The summed E-state index contributed by atoms with van der Waals surface area (Å²) in [5.41, 5.74) is 0.358. The van der Waals surface area contributed by atoms with Gasteiger partial charge in [-0.1, -0.05) is 17.7 Å². The van der Waals surface area contributed by atoms with E-state index in [1.54, 1.807) is 19.9 Å². The van der Waals surface area contributed by atoms with Crippen molar-refractivity contribution < 1.29 is 23.8 Å². The minimum Gasteiger partial charge on any atom is -0.422 e. The molecule has 1 aromatic carbocycles. The normalized spacial score (nSPS) is 31.7. The molecule has 1 spiro atoms. The fourth-order valence-corrected chi connectivity index (χ4v) is 4.69. The van der Waals surface area contributed by atoms with Crippen LogP contribution >= 0.6 is 11.6 Å². The number of hydrogen-bond donors (Lipinski definition) is 0. The molecule has 3 aliphatic heterocycles. The summed E-state index contributed by atoms with van der Waals surface area (Å²) in [6.07, 6.45) is -0.196. The van der Waals surface area contributed by atoms with Crippen molar-refractivity contribution in [1.82, 2.24) is 0 Å². The van der Waals surface area contributed by atoms with Crippen molar-refractivity contribution in [3.63, 3.8) is 0 Å². The average molecular weight is 380 g/mol. The van der Waals surface area contributed by atoms with Crippen molar-refractivity contribution in [1.29, 1.82) is 0 Å². The van der Waals surface area contributed by atoms with Crippen LogP contribution < -0.4 is 4.90 Å². The first-order valence-electron chi connectivity index (χ1n) is 8.81. The van der Waals surface area contributed by atoms with Gasteiger partial charge in [-0.15, -0.1) is 0 Å². The maximum Gasteiger partial charge on any atom is 0.329 e. The highest BCUT2D eigenvalue weighted by molar-refractivity contribution is 6.30. The van der Waals surface area contributed by atoms with Crippen molar-refractivity contribution in [3.05, 3.63) is 28.8 Å². The van der Waals surface area contributed by atoms with E-state index in [-0.39, 0.29) is 18.6 Å². The molecule has 2 saturated heterocycles. The molecule has 0 N–H and O–H groups in total. The number of fused-ring (bicyclic) bond motifs is 4. The van der Waals surface area contributed by atoms with E-state index in [2.05, 4.69) is 4.90 Å². The van der Waals surface area contributed by atoms with Gasteiger partial charge in [-0.3, -0.25) is 9.59 Å². The number of rotatable bonds is 0. The van der Waals surface area contributed by atoms with E-state index in [1.165, 1.54) is 0 Å². The second kappa shape index (κ2) is 5.60. The van der Waals surface area contributed by atoms with Gasteiger partial charge < -0.3 is 19.1 Å². The van der Waals surface area contributed by atoms with Gasteiger partial charge in [0.25, 0.3) is 5.79 Å². The second-order valence-electron chi connectivity index (χ2n) is 7.85. The lowest BCUT2D eigenvalue weighted by Gasteiger charge is -2.55. The smallest absolute Gasteiger partial charge is 0.329 e. The van der Waals surface area contributed by atoms with Gasteiger partial charge in [0.05, 0.1) is 18.2 Å². The minimum atomic E-state index is -1.45. The third-order valence-corrected chi connectivity index (χ3v) is 5.65. The lowest BCUT2D eigenvalue weighted by Crippen LogP contribution is -2.71. The summed E-state index contributed by atoms with van der Waals surface area (Å²) in [5.74, 6) is -2.38. The Kier molecular flexibility index (Phi) is 3.80. The lowest BCUT2D eigenvalue weighted by molar-refractivity contribution is -0.256. The van der Waals surface area contributed by atoms with Crippen LogP contribution in [0.15, 0.2) is 18.2 Å². The van der Waals surface area contributed by atoms with Gasteiger partial charge in [0.15, 0.2) is 5.41 Å². The molecule has 26 heavy (non-hydrogen) atoms. The molecule has 2 fully saturated rings. The lowest BCUT2D eigenvalue weighted by atomic mass is 9.68. The fraction of sp³-hybridized carbons (Fsp3) is 0.579. The molecule has 0 saturated carbocycles. The molecular weight excluding hydrogens is 358 g/mol. The van der Waals surface area contributed by atoms with E-state index in [0.29, 0.717) is 11.6 Å².